The van der Waals surface area contributed by atoms with E-state index in [1.807, 2.05) is 0 Å². The van der Waals surface area contributed by atoms with E-state index in [1.54, 1.807) is 31.3 Å². The number of halogens is 5. The summed E-state index contributed by atoms with van der Waals surface area (Å²) in [6.45, 7) is -0.199. The molecular formula is C34H35ClF4N4O4S. The maximum Gasteiger partial charge on any atom is 0.416 e. The molecule has 0 saturated heterocycles. The molecule has 4 aromatic rings. The molecule has 0 radical (unpaired) electrons. The van der Waals surface area contributed by atoms with Crippen LogP contribution in [0.5, 0.6) is 11.5 Å². The number of rotatable bonds is 11. The first-order chi connectivity index (χ1) is 22.8. The molecule has 256 valence electrons. The molecule has 1 aliphatic carbocycles. The van der Waals surface area contributed by atoms with Gasteiger partial charge in [-0.3, -0.25) is 9.29 Å². The summed E-state index contributed by atoms with van der Waals surface area (Å²) in [7, 11) is 0.170. The van der Waals surface area contributed by atoms with Crippen molar-refractivity contribution in [3.05, 3.63) is 107 Å². The fourth-order valence-electron chi connectivity index (χ4n) is 6.05. The summed E-state index contributed by atoms with van der Waals surface area (Å²) < 4.78 is 95.9. The number of pyridine rings is 1. The van der Waals surface area contributed by atoms with Gasteiger partial charge in [-0.05, 0) is 80.3 Å². The smallest absolute Gasteiger partial charge is 0.416 e. The summed E-state index contributed by atoms with van der Waals surface area (Å²) in [5.41, 5.74) is 0.859. The van der Waals surface area contributed by atoms with Gasteiger partial charge in [0, 0.05) is 36.1 Å². The van der Waals surface area contributed by atoms with E-state index in [0.29, 0.717) is 41.9 Å². The Bertz CT molecular complexity index is 1850. The molecule has 0 amide bonds. The molecule has 0 bridgehead atoms. The normalized spacial score (nSPS) is 18.3. The lowest BCUT2D eigenvalue weighted by molar-refractivity contribution is -0.137. The van der Waals surface area contributed by atoms with Crippen molar-refractivity contribution in [3.63, 3.8) is 0 Å². The third-order valence-electron chi connectivity index (χ3n) is 8.60. The monoisotopic (exact) mass is 706 g/mol. The van der Waals surface area contributed by atoms with Gasteiger partial charge in [0.15, 0.2) is 0 Å². The van der Waals surface area contributed by atoms with Gasteiger partial charge in [-0.15, -0.1) is 0 Å². The zero-order chi connectivity index (χ0) is 34.6. The van der Waals surface area contributed by atoms with E-state index in [0.717, 1.165) is 22.5 Å². The highest BCUT2D eigenvalue weighted by atomic mass is 35.5. The molecule has 14 heteroatoms. The number of anilines is 2. The highest BCUT2D eigenvalue weighted by Gasteiger charge is 2.35. The Balaban J connectivity index is 1.40. The lowest BCUT2D eigenvalue weighted by Gasteiger charge is -2.37. The van der Waals surface area contributed by atoms with E-state index in [9.17, 15) is 21.6 Å². The SMILES string of the molecule is CN[C@H]1C[C@@H](c2cccc(C(F)(F)F)c2)CC[C@@H]1Nc1cc(F)c(S(=O)(=O)N(Cc2ccc(OC)cc2OC)c2ccncc2)cc1Cl. The molecule has 0 unspecified atom stereocenters. The van der Waals surface area contributed by atoms with Crippen molar-refractivity contribution >= 4 is 33.0 Å². The molecule has 3 atom stereocenters. The van der Waals surface area contributed by atoms with Crippen molar-refractivity contribution in [2.75, 3.05) is 30.9 Å². The number of likely N-dealkylation sites (N-methyl/N-ethyl adjacent to an activating group) is 1. The molecule has 3 aromatic carbocycles. The van der Waals surface area contributed by atoms with Crippen molar-refractivity contribution in [3.8, 4) is 11.5 Å². The maximum atomic E-state index is 15.9. The first-order valence-corrected chi connectivity index (χ1v) is 16.9. The molecule has 0 aliphatic heterocycles. The van der Waals surface area contributed by atoms with Crippen LogP contribution < -0.4 is 24.4 Å². The average molecular weight is 707 g/mol. The number of sulfonamides is 1. The Morgan fingerprint density at radius 3 is 2.40 bits per heavy atom. The molecule has 5 rings (SSSR count). The third kappa shape index (κ3) is 7.63. The van der Waals surface area contributed by atoms with Crippen molar-refractivity contribution in [2.24, 2.45) is 0 Å². The number of aromatic nitrogens is 1. The van der Waals surface area contributed by atoms with Crippen molar-refractivity contribution < 1.29 is 35.5 Å². The highest BCUT2D eigenvalue weighted by Crippen LogP contribution is 2.39. The summed E-state index contributed by atoms with van der Waals surface area (Å²) in [6.07, 6.45) is 0.0788. The van der Waals surface area contributed by atoms with Crippen molar-refractivity contribution in [1.29, 1.82) is 0 Å². The number of nitrogens with zero attached hydrogens (tertiary/aromatic N) is 2. The number of methoxy groups -OCH3 is 2. The lowest BCUT2D eigenvalue weighted by Crippen LogP contribution is -2.46. The number of hydrogen-bond acceptors (Lipinski definition) is 7. The molecule has 1 fully saturated rings. The fraction of sp³-hybridized carbons (Fsp3) is 0.324. The van der Waals surface area contributed by atoms with E-state index in [2.05, 4.69) is 15.6 Å². The molecule has 0 spiro atoms. The first-order valence-electron chi connectivity index (χ1n) is 15.1. The van der Waals surface area contributed by atoms with Crippen LogP contribution in [0, 0.1) is 5.82 Å². The maximum absolute atomic E-state index is 15.9. The quantitative estimate of drug-likeness (QED) is 0.155. The summed E-state index contributed by atoms with van der Waals surface area (Å²) in [5.74, 6) is -0.240. The average Bonchev–Trinajstić information content (AvgIpc) is 3.08. The van der Waals surface area contributed by atoms with Gasteiger partial charge in [-0.2, -0.15) is 13.2 Å². The Morgan fingerprint density at radius 2 is 1.73 bits per heavy atom. The highest BCUT2D eigenvalue weighted by molar-refractivity contribution is 7.92. The number of benzene rings is 3. The third-order valence-corrected chi connectivity index (χ3v) is 10.7. The number of alkyl halides is 3. The second-order valence-corrected chi connectivity index (χ2v) is 13.7. The zero-order valence-corrected chi connectivity index (χ0v) is 28.0. The van der Waals surface area contributed by atoms with Crippen LogP contribution in [0.25, 0.3) is 0 Å². The van der Waals surface area contributed by atoms with E-state index < -0.39 is 32.5 Å². The van der Waals surface area contributed by atoms with Gasteiger partial charge in [-0.1, -0.05) is 29.8 Å². The van der Waals surface area contributed by atoms with Crippen LogP contribution in [0.1, 0.15) is 41.9 Å². The Labute approximate surface area is 282 Å². The van der Waals surface area contributed by atoms with Crippen LogP contribution in [0.2, 0.25) is 5.02 Å². The van der Waals surface area contributed by atoms with Gasteiger partial charge in [0.05, 0.1) is 42.7 Å². The molecule has 2 N–H and O–H groups in total. The molecule has 48 heavy (non-hydrogen) atoms. The van der Waals surface area contributed by atoms with Gasteiger partial charge in [0.25, 0.3) is 10.0 Å². The van der Waals surface area contributed by atoms with Crippen LogP contribution >= 0.6 is 11.6 Å². The lowest BCUT2D eigenvalue weighted by atomic mass is 9.78. The topological polar surface area (TPSA) is 92.8 Å². The molecule has 1 aliphatic rings. The van der Waals surface area contributed by atoms with Gasteiger partial charge in [0.1, 0.15) is 22.2 Å². The van der Waals surface area contributed by atoms with E-state index in [4.69, 9.17) is 21.1 Å². The largest absolute Gasteiger partial charge is 0.497 e. The number of hydrogen-bond donors (Lipinski definition) is 2. The van der Waals surface area contributed by atoms with Crippen LogP contribution in [0.15, 0.2) is 84.0 Å². The number of nitrogens with one attached hydrogen (secondary N) is 2. The molecule has 8 nitrogen and oxygen atoms in total. The second kappa shape index (κ2) is 14.6. The Kier molecular flexibility index (Phi) is 10.7. The van der Waals surface area contributed by atoms with Gasteiger partial charge < -0.3 is 20.1 Å². The van der Waals surface area contributed by atoms with Gasteiger partial charge >= 0.3 is 6.18 Å². The summed E-state index contributed by atoms with van der Waals surface area (Å²) in [6, 6.07) is 15.0. The van der Waals surface area contributed by atoms with Gasteiger partial charge in [0.2, 0.25) is 0 Å². The van der Waals surface area contributed by atoms with Crippen molar-refractivity contribution in [1.82, 2.24) is 10.3 Å². The van der Waals surface area contributed by atoms with Crippen LogP contribution in [-0.4, -0.2) is 46.8 Å². The minimum Gasteiger partial charge on any atom is -0.497 e. The predicted octanol–water partition coefficient (Wildman–Crippen LogP) is 7.64. The standard InChI is InChI=1S/C34H35ClF4N4O4S/c1-40-31-16-22(21-5-4-6-24(15-21)34(37,38)39)8-10-29(31)42-30-19-28(36)33(18-27(30)35)48(44,45)43(25-11-13-41-14-12-25)20-23-7-9-26(46-2)17-32(23)47-3/h4-7,9,11-15,17-19,22,29,31,40,42H,8,10,16,20H2,1-3H3/t22-,29-,31-/m0/s1. The predicted molar refractivity (Wildman–Crippen MR) is 177 cm³/mol. The molecule has 1 saturated carbocycles. The van der Waals surface area contributed by atoms with E-state index in [1.165, 1.54) is 50.9 Å². The summed E-state index contributed by atoms with van der Waals surface area (Å²) in [4.78, 5) is 3.35. The minimum atomic E-state index is -4.52. The zero-order valence-electron chi connectivity index (χ0n) is 26.4. The first kappa shape index (κ1) is 35.2. The van der Waals surface area contributed by atoms with Gasteiger partial charge in [-0.25, -0.2) is 12.8 Å². The molecular weight excluding hydrogens is 672 g/mol. The molecule has 1 heterocycles. The Morgan fingerprint density at radius 1 is 0.979 bits per heavy atom. The second-order valence-electron chi connectivity index (χ2n) is 11.4. The Hall–Kier alpha value is -4.07. The fourth-order valence-corrected chi connectivity index (χ4v) is 7.85. The van der Waals surface area contributed by atoms with E-state index in [-0.39, 0.29) is 40.9 Å². The van der Waals surface area contributed by atoms with Crippen LogP contribution in [0.3, 0.4) is 0 Å². The molecule has 1 aromatic heterocycles. The van der Waals surface area contributed by atoms with Crippen molar-refractivity contribution in [2.45, 2.75) is 54.9 Å². The van der Waals surface area contributed by atoms with E-state index >= 15 is 4.39 Å². The summed E-state index contributed by atoms with van der Waals surface area (Å²) >= 11 is 6.61. The van der Waals surface area contributed by atoms with Crippen LogP contribution in [-0.2, 0) is 22.7 Å². The minimum absolute atomic E-state index is 0.0125. The van der Waals surface area contributed by atoms with Crippen LogP contribution in [0.4, 0.5) is 28.9 Å². The summed E-state index contributed by atoms with van der Waals surface area (Å²) in [5, 5.41) is 6.45. The number of ether oxygens (including phenoxy) is 2.